The summed E-state index contributed by atoms with van der Waals surface area (Å²) in [7, 11) is 1.27. The summed E-state index contributed by atoms with van der Waals surface area (Å²) in [5.74, 6) is -0.401. The van der Waals surface area contributed by atoms with Gasteiger partial charge in [-0.2, -0.15) is 0 Å². The van der Waals surface area contributed by atoms with Gasteiger partial charge in [-0.05, 0) is 6.08 Å². The maximum Gasteiger partial charge on any atom is 0.309 e. The molecule has 0 heterocycles. The van der Waals surface area contributed by atoms with Gasteiger partial charge in [0.2, 0.25) is 6.04 Å². The highest BCUT2D eigenvalue weighted by molar-refractivity contribution is 5.70. The third-order valence-electron chi connectivity index (χ3n) is 1.26. The van der Waals surface area contributed by atoms with Gasteiger partial charge in [-0.25, -0.2) is 0 Å². The van der Waals surface area contributed by atoms with Crippen LogP contribution in [-0.4, -0.2) is 24.0 Å². The molecular weight excluding hydrogens is 162 g/mol. The van der Waals surface area contributed by atoms with E-state index in [-0.39, 0.29) is 6.42 Å². The van der Waals surface area contributed by atoms with E-state index in [9.17, 15) is 14.9 Å². The summed E-state index contributed by atoms with van der Waals surface area (Å²) in [4.78, 5) is 20.2. The van der Waals surface area contributed by atoms with Crippen LogP contribution in [0.3, 0.4) is 0 Å². The second-order valence-corrected chi connectivity index (χ2v) is 2.23. The zero-order valence-corrected chi connectivity index (χ0v) is 7.02. The van der Waals surface area contributed by atoms with Crippen LogP contribution >= 0.6 is 0 Å². The Morgan fingerprint density at radius 3 is 2.75 bits per heavy atom. The molecule has 1 atom stereocenters. The number of hydrogen-bond donors (Lipinski definition) is 0. The van der Waals surface area contributed by atoms with E-state index in [1.54, 1.807) is 0 Å². The van der Waals surface area contributed by atoms with Crippen molar-refractivity contribution in [1.82, 2.24) is 0 Å². The van der Waals surface area contributed by atoms with Crippen molar-refractivity contribution < 1.29 is 14.5 Å². The second kappa shape index (κ2) is 5.29. The Morgan fingerprint density at radius 2 is 2.33 bits per heavy atom. The molecule has 0 aromatic carbocycles. The first-order valence-corrected chi connectivity index (χ1v) is 3.45. The highest BCUT2D eigenvalue weighted by Crippen LogP contribution is 1.93. The fourth-order valence-electron chi connectivity index (χ4n) is 0.515. The third kappa shape index (κ3) is 4.43. The minimum atomic E-state index is -0.755. The van der Waals surface area contributed by atoms with Crippen LogP contribution in [0.1, 0.15) is 13.3 Å². The predicted octanol–water partition coefficient (Wildman–Crippen LogP) is 0.771. The standard InChI is InChI=1S/C7H11NO4/c1-6(8(10)11)4-3-5-7(9)12-2/h3-4,6H,5H2,1-2H3/b4-3+/t6-/m1/s1. The maximum absolute atomic E-state index is 10.5. The lowest BCUT2D eigenvalue weighted by molar-refractivity contribution is -0.504. The van der Waals surface area contributed by atoms with Gasteiger partial charge in [0.05, 0.1) is 13.5 Å². The zero-order chi connectivity index (χ0) is 9.56. The van der Waals surface area contributed by atoms with Crippen molar-refractivity contribution >= 4 is 5.97 Å². The van der Waals surface area contributed by atoms with E-state index in [1.807, 2.05) is 0 Å². The van der Waals surface area contributed by atoms with Crippen molar-refractivity contribution in [2.24, 2.45) is 0 Å². The van der Waals surface area contributed by atoms with Crippen LogP contribution in [0.4, 0.5) is 0 Å². The van der Waals surface area contributed by atoms with E-state index in [0.29, 0.717) is 0 Å². The largest absolute Gasteiger partial charge is 0.469 e. The van der Waals surface area contributed by atoms with Gasteiger partial charge in [-0.1, -0.05) is 6.08 Å². The normalized spacial score (nSPS) is 12.8. The maximum atomic E-state index is 10.5. The first kappa shape index (κ1) is 10.6. The number of esters is 1. The average Bonchev–Trinajstić information content (AvgIpc) is 2.03. The molecule has 12 heavy (non-hydrogen) atoms. The highest BCUT2D eigenvalue weighted by Gasteiger charge is 2.06. The van der Waals surface area contributed by atoms with E-state index in [4.69, 9.17) is 0 Å². The van der Waals surface area contributed by atoms with Gasteiger partial charge in [0, 0.05) is 11.8 Å². The molecule has 0 amide bonds. The molecule has 0 rings (SSSR count). The molecule has 0 unspecified atom stereocenters. The summed E-state index contributed by atoms with van der Waals surface area (Å²) >= 11 is 0. The molecule has 0 saturated carbocycles. The van der Waals surface area contributed by atoms with Crippen molar-refractivity contribution in [2.75, 3.05) is 7.11 Å². The van der Waals surface area contributed by atoms with Gasteiger partial charge in [0.15, 0.2) is 0 Å². The van der Waals surface area contributed by atoms with Crippen molar-refractivity contribution in [3.63, 3.8) is 0 Å². The molecule has 0 aromatic heterocycles. The summed E-state index contributed by atoms with van der Waals surface area (Å²) in [6, 6.07) is -0.755. The molecule has 0 aromatic rings. The van der Waals surface area contributed by atoms with Crippen LogP contribution in [0.15, 0.2) is 12.2 Å². The monoisotopic (exact) mass is 173 g/mol. The Labute approximate surface area is 70.2 Å². The first-order chi connectivity index (χ1) is 5.57. The molecule has 0 N–H and O–H groups in total. The number of nitro groups is 1. The van der Waals surface area contributed by atoms with E-state index in [2.05, 4.69) is 4.74 Å². The number of ether oxygens (including phenoxy) is 1. The summed E-state index contributed by atoms with van der Waals surface area (Å²) in [5, 5.41) is 10.1. The van der Waals surface area contributed by atoms with Crippen molar-refractivity contribution in [3.05, 3.63) is 22.3 Å². The molecule has 68 valence electrons. The van der Waals surface area contributed by atoms with Crippen LogP contribution in [0.5, 0.6) is 0 Å². The lowest BCUT2D eigenvalue weighted by Gasteiger charge is -1.95. The lowest BCUT2D eigenvalue weighted by Crippen LogP contribution is -2.11. The van der Waals surface area contributed by atoms with E-state index < -0.39 is 16.9 Å². The highest BCUT2D eigenvalue weighted by atomic mass is 16.6. The summed E-state index contributed by atoms with van der Waals surface area (Å²) in [5.41, 5.74) is 0. The Morgan fingerprint density at radius 1 is 1.75 bits per heavy atom. The molecule has 5 heteroatoms. The number of carbonyl (C=O) groups is 1. The lowest BCUT2D eigenvalue weighted by atomic mass is 10.3. The number of nitrogens with zero attached hydrogens (tertiary/aromatic N) is 1. The SMILES string of the molecule is COC(=O)C/C=C/[C@@H](C)[N+](=O)[O-]. The fourth-order valence-corrected chi connectivity index (χ4v) is 0.515. The number of carbonyl (C=O) groups excluding carboxylic acids is 1. The van der Waals surface area contributed by atoms with Crippen LogP contribution in [0.2, 0.25) is 0 Å². The van der Waals surface area contributed by atoms with Crippen LogP contribution < -0.4 is 0 Å². The summed E-state index contributed by atoms with van der Waals surface area (Å²) in [6.45, 7) is 1.44. The summed E-state index contributed by atoms with van der Waals surface area (Å²) < 4.78 is 4.33. The number of rotatable bonds is 4. The molecule has 0 saturated heterocycles. The fraction of sp³-hybridized carbons (Fsp3) is 0.571. The molecule has 0 radical (unpaired) electrons. The molecule has 0 spiro atoms. The van der Waals surface area contributed by atoms with Gasteiger partial charge in [-0.15, -0.1) is 0 Å². The molecule has 0 fully saturated rings. The minimum Gasteiger partial charge on any atom is -0.469 e. The van der Waals surface area contributed by atoms with Gasteiger partial charge in [0.25, 0.3) is 0 Å². The van der Waals surface area contributed by atoms with Gasteiger partial charge < -0.3 is 4.74 Å². The van der Waals surface area contributed by atoms with Crippen molar-refractivity contribution in [2.45, 2.75) is 19.4 Å². The molecular formula is C7H11NO4. The first-order valence-electron chi connectivity index (χ1n) is 3.45. The van der Waals surface area contributed by atoms with Gasteiger partial charge >= 0.3 is 5.97 Å². The van der Waals surface area contributed by atoms with Gasteiger partial charge in [-0.3, -0.25) is 14.9 Å². The van der Waals surface area contributed by atoms with E-state index in [1.165, 1.54) is 26.2 Å². The number of hydrogen-bond acceptors (Lipinski definition) is 4. The molecule has 5 nitrogen and oxygen atoms in total. The van der Waals surface area contributed by atoms with E-state index in [0.717, 1.165) is 0 Å². The quantitative estimate of drug-likeness (QED) is 0.272. The van der Waals surface area contributed by atoms with Crippen molar-refractivity contribution in [3.8, 4) is 0 Å². The van der Waals surface area contributed by atoms with Crippen LogP contribution in [0.25, 0.3) is 0 Å². The van der Waals surface area contributed by atoms with Crippen molar-refractivity contribution in [1.29, 1.82) is 0 Å². The smallest absolute Gasteiger partial charge is 0.309 e. The zero-order valence-electron chi connectivity index (χ0n) is 7.02. The van der Waals surface area contributed by atoms with Gasteiger partial charge in [0.1, 0.15) is 0 Å². The average molecular weight is 173 g/mol. The topological polar surface area (TPSA) is 69.4 Å². The van der Waals surface area contributed by atoms with E-state index >= 15 is 0 Å². The third-order valence-corrected chi connectivity index (χ3v) is 1.26. The predicted molar refractivity (Wildman–Crippen MR) is 42.2 cm³/mol. The Kier molecular flexibility index (Phi) is 4.67. The second-order valence-electron chi connectivity index (χ2n) is 2.23. The Bertz CT molecular complexity index is 200. The Balaban J connectivity index is 3.76. The molecule has 0 aliphatic rings. The Hall–Kier alpha value is -1.39. The molecule has 0 aliphatic carbocycles. The van der Waals surface area contributed by atoms with Crippen LogP contribution in [-0.2, 0) is 9.53 Å². The minimum absolute atomic E-state index is 0.0781. The molecule has 0 aliphatic heterocycles. The number of methoxy groups -OCH3 is 1. The summed E-state index contributed by atoms with van der Waals surface area (Å²) in [6.07, 6.45) is 2.87. The molecule has 0 bridgehead atoms. The van der Waals surface area contributed by atoms with Crippen LogP contribution in [0, 0.1) is 10.1 Å².